The van der Waals surface area contributed by atoms with E-state index in [1.54, 1.807) is 4.68 Å². The predicted octanol–water partition coefficient (Wildman–Crippen LogP) is 3.51. The summed E-state index contributed by atoms with van der Waals surface area (Å²) in [6.45, 7) is 5.70. The van der Waals surface area contributed by atoms with Crippen LogP contribution in [-0.4, -0.2) is 16.8 Å². The normalized spacial score (nSPS) is 11.2. The van der Waals surface area contributed by atoms with Crippen molar-refractivity contribution in [2.24, 2.45) is 5.92 Å². The van der Waals surface area contributed by atoms with Crippen molar-refractivity contribution in [3.8, 4) is 5.88 Å². The predicted molar refractivity (Wildman–Crippen MR) is 85.1 cm³/mol. The van der Waals surface area contributed by atoms with Crippen LogP contribution in [0, 0.1) is 17.6 Å². The van der Waals surface area contributed by atoms with Gasteiger partial charge in [0, 0.05) is 30.8 Å². The second-order valence-electron chi connectivity index (χ2n) is 5.93. The number of ether oxygens (including phenoxy) is 1. The Morgan fingerprint density at radius 2 is 2.04 bits per heavy atom. The third-order valence-electron chi connectivity index (χ3n) is 3.46. The summed E-state index contributed by atoms with van der Waals surface area (Å²) in [5.74, 6) is -0.0489. The minimum absolute atomic E-state index is 0.0402. The highest BCUT2D eigenvalue weighted by atomic mass is 19.1. The van der Waals surface area contributed by atoms with Gasteiger partial charge in [-0.3, -0.25) is 0 Å². The van der Waals surface area contributed by atoms with Gasteiger partial charge in [0.15, 0.2) is 0 Å². The van der Waals surface area contributed by atoms with E-state index in [1.807, 2.05) is 13.1 Å². The zero-order valence-corrected chi connectivity index (χ0v) is 13.8. The highest BCUT2D eigenvalue weighted by Crippen LogP contribution is 2.19. The van der Waals surface area contributed by atoms with Gasteiger partial charge in [-0.25, -0.2) is 13.5 Å². The van der Waals surface area contributed by atoms with E-state index < -0.39 is 11.6 Å². The molecule has 4 nitrogen and oxygen atoms in total. The van der Waals surface area contributed by atoms with Gasteiger partial charge in [-0.2, -0.15) is 5.10 Å². The van der Waals surface area contributed by atoms with Crippen molar-refractivity contribution in [1.29, 1.82) is 0 Å². The number of hydrogen-bond acceptors (Lipinski definition) is 3. The van der Waals surface area contributed by atoms with Crippen LogP contribution < -0.4 is 10.1 Å². The van der Waals surface area contributed by atoms with Crippen molar-refractivity contribution in [2.75, 3.05) is 7.05 Å². The molecule has 0 saturated carbocycles. The first-order valence-electron chi connectivity index (χ1n) is 7.77. The monoisotopic (exact) mass is 323 g/mol. The minimum atomic E-state index is -0.603. The summed E-state index contributed by atoms with van der Waals surface area (Å²) >= 11 is 0. The third-order valence-corrected chi connectivity index (χ3v) is 3.46. The molecule has 1 N–H and O–H groups in total. The lowest BCUT2D eigenvalue weighted by atomic mass is 10.1. The number of rotatable bonds is 8. The van der Waals surface area contributed by atoms with Crippen LogP contribution >= 0.6 is 0 Å². The Morgan fingerprint density at radius 1 is 1.26 bits per heavy atom. The Kier molecular flexibility index (Phi) is 6.10. The van der Waals surface area contributed by atoms with E-state index in [-0.39, 0.29) is 6.61 Å². The fourth-order valence-corrected chi connectivity index (χ4v) is 2.17. The van der Waals surface area contributed by atoms with Crippen LogP contribution in [0.25, 0.3) is 0 Å². The first kappa shape index (κ1) is 17.4. The number of aromatic nitrogens is 2. The Hall–Kier alpha value is -1.95. The van der Waals surface area contributed by atoms with Gasteiger partial charge in [0.2, 0.25) is 5.88 Å². The van der Waals surface area contributed by atoms with E-state index in [0.717, 1.165) is 24.7 Å². The molecule has 0 radical (unpaired) electrons. The smallest absolute Gasteiger partial charge is 0.212 e. The van der Waals surface area contributed by atoms with Crippen LogP contribution in [0.1, 0.15) is 31.5 Å². The highest BCUT2D eigenvalue weighted by Gasteiger charge is 2.11. The minimum Gasteiger partial charge on any atom is -0.473 e. The molecule has 1 heterocycles. The largest absolute Gasteiger partial charge is 0.473 e. The summed E-state index contributed by atoms with van der Waals surface area (Å²) < 4.78 is 34.1. The second kappa shape index (κ2) is 8.06. The van der Waals surface area contributed by atoms with Crippen molar-refractivity contribution in [2.45, 2.75) is 40.0 Å². The lowest BCUT2D eigenvalue weighted by Gasteiger charge is -2.11. The van der Waals surface area contributed by atoms with E-state index in [4.69, 9.17) is 4.74 Å². The second-order valence-corrected chi connectivity index (χ2v) is 5.93. The molecule has 2 rings (SSSR count). The van der Waals surface area contributed by atoms with Gasteiger partial charge in [0.1, 0.15) is 18.2 Å². The molecule has 0 saturated heterocycles. The number of nitrogens with zero attached hydrogens (tertiary/aromatic N) is 2. The Morgan fingerprint density at radius 3 is 2.70 bits per heavy atom. The molecule has 0 spiro atoms. The van der Waals surface area contributed by atoms with Crippen molar-refractivity contribution in [3.05, 3.63) is 47.2 Å². The average molecular weight is 323 g/mol. The number of nitrogens with one attached hydrogen (secondary N) is 1. The zero-order valence-electron chi connectivity index (χ0n) is 13.8. The molecule has 6 heteroatoms. The van der Waals surface area contributed by atoms with Gasteiger partial charge in [0.25, 0.3) is 0 Å². The van der Waals surface area contributed by atoms with Gasteiger partial charge in [-0.1, -0.05) is 13.8 Å². The number of halogens is 2. The summed E-state index contributed by atoms with van der Waals surface area (Å²) in [6, 6.07) is 5.33. The molecule has 0 aliphatic carbocycles. The lowest BCUT2D eigenvalue weighted by molar-refractivity contribution is 0.263. The molecule has 0 aliphatic rings. The molecule has 1 aromatic heterocycles. The van der Waals surface area contributed by atoms with Crippen molar-refractivity contribution in [1.82, 2.24) is 15.1 Å². The first-order valence-corrected chi connectivity index (χ1v) is 7.77. The molecule has 0 unspecified atom stereocenters. The summed E-state index contributed by atoms with van der Waals surface area (Å²) in [5.41, 5.74) is 1.18. The van der Waals surface area contributed by atoms with E-state index >= 15 is 0 Å². The average Bonchev–Trinajstić information content (AvgIpc) is 2.87. The number of hydrogen-bond donors (Lipinski definition) is 1. The Bertz CT molecular complexity index is 641. The summed E-state index contributed by atoms with van der Waals surface area (Å²) in [5, 5.41) is 7.54. The molecule has 0 aliphatic heterocycles. The molecule has 0 atom stereocenters. The summed E-state index contributed by atoms with van der Waals surface area (Å²) in [4.78, 5) is 0. The van der Waals surface area contributed by atoms with Gasteiger partial charge in [-0.05, 0) is 31.5 Å². The first-order chi connectivity index (χ1) is 11.0. The van der Waals surface area contributed by atoms with Crippen LogP contribution in [0.5, 0.6) is 5.88 Å². The van der Waals surface area contributed by atoms with E-state index in [2.05, 4.69) is 24.3 Å². The number of aryl methyl sites for hydroxylation is 1. The maximum Gasteiger partial charge on any atom is 0.212 e. The standard InChI is InChI=1S/C17H23F2N3O/c1-12(2)6-7-22-17(9-15(21-22)10-20-3)23-11-13-4-5-14(18)8-16(13)19/h4-5,8-9,12,20H,6-7,10-11H2,1-3H3. The van der Waals surface area contributed by atoms with Crippen LogP contribution in [-0.2, 0) is 19.7 Å². The molecular weight excluding hydrogens is 300 g/mol. The fourth-order valence-electron chi connectivity index (χ4n) is 2.17. The topological polar surface area (TPSA) is 39.1 Å². The maximum atomic E-state index is 13.7. The Balaban J connectivity index is 2.10. The quantitative estimate of drug-likeness (QED) is 0.808. The van der Waals surface area contributed by atoms with Crippen molar-refractivity contribution in [3.63, 3.8) is 0 Å². The maximum absolute atomic E-state index is 13.7. The molecule has 2 aromatic rings. The molecule has 0 amide bonds. The fraction of sp³-hybridized carbons (Fsp3) is 0.471. The molecule has 1 aromatic carbocycles. The SMILES string of the molecule is CNCc1cc(OCc2ccc(F)cc2F)n(CCC(C)C)n1. The molecule has 126 valence electrons. The van der Waals surface area contributed by atoms with Crippen molar-refractivity contribution < 1.29 is 13.5 Å². The third kappa shape index (κ3) is 5.03. The molecule has 0 bridgehead atoms. The van der Waals surface area contributed by atoms with E-state index in [1.165, 1.54) is 12.1 Å². The van der Waals surface area contributed by atoms with Crippen LogP contribution in [0.15, 0.2) is 24.3 Å². The molecule has 0 fully saturated rings. The Labute approximate surface area is 135 Å². The van der Waals surface area contributed by atoms with Crippen molar-refractivity contribution >= 4 is 0 Å². The zero-order chi connectivity index (χ0) is 16.8. The van der Waals surface area contributed by atoms with Gasteiger partial charge in [0.05, 0.1) is 5.69 Å². The van der Waals surface area contributed by atoms with Gasteiger partial charge < -0.3 is 10.1 Å². The number of benzene rings is 1. The van der Waals surface area contributed by atoms with Gasteiger partial charge in [-0.15, -0.1) is 0 Å². The van der Waals surface area contributed by atoms with Crippen LogP contribution in [0.3, 0.4) is 0 Å². The van der Waals surface area contributed by atoms with E-state index in [0.29, 0.717) is 23.9 Å². The van der Waals surface area contributed by atoms with Crippen LogP contribution in [0.2, 0.25) is 0 Å². The highest BCUT2D eigenvalue weighted by molar-refractivity contribution is 5.20. The van der Waals surface area contributed by atoms with Crippen LogP contribution in [0.4, 0.5) is 8.78 Å². The van der Waals surface area contributed by atoms with Gasteiger partial charge >= 0.3 is 0 Å². The lowest BCUT2D eigenvalue weighted by Crippen LogP contribution is -2.09. The van der Waals surface area contributed by atoms with E-state index in [9.17, 15) is 8.78 Å². The molecular formula is C17H23F2N3O. The summed E-state index contributed by atoms with van der Waals surface area (Å²) in [6.07, 6.45) is 0.974. The molecule has 23 heavy (non-hydrogen) atoms. The summed E-state index contributed by atoms with van der Waals surface area (Å²) in [7, 11) is 1.85.